The van der Waals surface area contributed by atoms with Crippen LogP contribution in [-0.4, -0.2) is 18.9 Å². The number of para-hydroxylation sites is 2. The fraction of sp³-hybridized carbons (Fsp3) is 0.0370. The lowest BCUT2D eigenvalue weighted by Gasteiger charge is -2.10. The Hall–Kier alpha value is -4.16. The maximum absolute atomic E-state index is 12.5. The molecule has 0 aliphatic carbocycles. The molecule has 6 heteroatoms. The number of carbonyl (C=O) groups excluding carboxylic acids is 2. The lowest BCUT2D eigenvalue weighted by Crippen LogP contribution is -2.13. The van der Waals surface area contributed by atoms with Crippen molar-refractivity contribution in [2.45, 2.75) is 0 Å². The molecule has 0 spiro atoms. The van der Waals surface area contributed by atoms with E-state index in [4.69, 9.17) is 4.74 Å². The van der Waals surface area contributed by atoms with Crippen LogP contribution in [-0.2, 0) is 4.79 Å². The van der Waals surface area contributed by atoms with Gasteiger partial charge in [-0.3, -0.25) is 9.59 Å². The zero-order valence-corrected chi connectivity index (χ0v) is 18.8. The smallest absolute Gasteiger partial charge is 0.255 e. The molecule has 4 rings (SSSR count). The molecule has 2 amide bonds. The van der Waals surface area contributed by atoms with E-state index in [1.807, 2.05) is 42.5 Å². The van der Waals surface area contributed by atoms with E-state index in [1.165, 1.54) is 6.08 Å². The number of rotatable bonds is 7. The molecule has 0 saturated heterocycles. The van der Waals surface area contributed by atoms with E-state index in [1.54, 1.807) is 60.9 Å². The summed E-state index contributed by atoms with van der Waals surface area (Å²) in [6.45, 7) is 0. The van der Waals surface area contributed by atoms with Crippen LogP contribution in [0.5, 0.6) is 5.75 Å². The van der Waals surface area contributed by atoms with E-state index in [0.29, 0.717) is 22.7 Å². The summed E-state index contributed by atoms with van der Waals surface area (Å²) < 4.78 is 5.26. The quantitative estimate of drug-likeness (QED) is 0.321. The van der Waals surface area contributed by atoms with Crippen LogP contribution in [0.25, 0.3) is 16.5 Å². The highest BCUT2D eigenvalue weighted by Gasteiger charge is 2.09. The van der Waals surface area contributed by atoms with Crippen molar-refractivity contribution >= 4 is 40.6 Å². The molecule has 164 valence electrons. The van der Waals surface area contributed by atoms with Crippen LogP contribution in [0, 0.1) is 0 Å². The summed E-state index contributed by atoms with van der Waals surface area (Å²) in [5.41, 5.74) is 2.83. The van der Waals surface area contributed by atoms with Gasteiger partial charge in [0, 0.05) is 27.1 Å². The molecule has 33 heavy (non-hydrogen) atoms. The molecular weight excluding hydrogens is 432 g/mol. The van der Waals surface area contributed by atoms with Crippen LogP contribution in [0.15, 0.2) is 97.1 Å². The van der Waals surface area contributed by atoms with Gasteiger partial charge >= 0.3 is 0 Å². The van der Waals surface area contributed by atoms with Crippen molar-refractivity contribution in [3.63, 3.8) is 0 Å². The van der Waals surface area contributed by atoms with E-state index >= 15 is 0 Å². The van der Waals surface area contributed by atoms with Crippen LogP contribution in [0.2, 0.25) is 0 Å². The third-order valence-electron chi connectivity index (χ3n) is 4.85. The molecule has 0 fully saturated rings. The summed E-state index contributed by atoms with van der Waals surface area (Å²) in [7, 11) is 1.55. The second-order valence-electron chi connectivity index (χ2n) is 7.12. The lowest BCUT2D eigenvalue weighted by atomic mass is 10.2. The van der Waals surface area contributed by atoms with Crippen molar-refractivity contribution in [3.8, 4) is 16.2 Å². The third-order valence-corrected chi connectivity index (χ3v) is 5.95. The first-order valence-corrected chi connectivity index (χ1v) is 11.1. The van der Waals surface area contributed by atoms with E-state index in [0.717, 1.165) is 15.3 Å². The second-order valence-corrected chi connectivity index (χ2v) is 8.24. The van der Waals surface area contributed by atoms with Gasteiger partial charge in [0.2, 0.25) is 5.91 Å². The van der Waals surface area contributed by atoms with Crippen molar-refractivity contribution in [2.24, 2.45) is 0 Å². The van der Waals surface area contributed by atoms with Gasteiger partial charge in [0.05, 0.1) is 12.8 Å². The van der Waals surface area contributed by atoms with Gasteiger partial charge < -0.3 is 15.4 Å². The first kappa shape index (κ1) is 22.0. The lowest BCUT2D eigenvalue weighted by molar-refractivity contribution is -0.111. The van der Waals surface area contributed by atoms with Crippen molar-refractivity contribution in [1.82, 2.24) is 0 Å². The fourth-order valence-corrected chi connectivity index (χ4v) is 4.11. The first-order chi connectivity index (χ1) is 16.1. The highest BCUT2D eigenvalue weighted by atomic mass is 32.1. The molecule has 1 aromatic heterocycles. The Labute approximate surface area is 196 Å². The molecular formula is C27H22N2O3S. The van der Waals surface area contributed by atoms with Crippen LogP contribution in [0.1, 0.15) is 15.2 Å². The van der Waals surface area contributed by atoms with Gasteiger partial charge in [-0.25, -0.2) is 0 Å². The van der Waals surface area contributed by atoms with Gasteiger partial charge in [-0.05, 0) is 60.2 Å². The molecule has 5 nitrogen and oxygen atoms in total. The minimum Gasteiger partial charge on any atom is -0.495 e. The number of thiophene rings is 1. The molecule has 0 bridgehead atoms. The Morgan fingerprint density at radius 3 is 2.30 bits per heavy atom. The summed E-state index contributed by atoms with van der Waals surface area (Å²) in [6.07, 6.45) is 3.30. The first-order valence-electron chi connectivity index (χ1n) is 10.3. The summed E-state index contributed by atoms with van der Waals surface area (Å²) >= 11 is 1.62. The van der Waals surface area contributed by atoms with Crippen LogP contribution < -0.4 is 15.4 Å². The summed E-state index contributed by atoms with van der Waals surface area (Å²) in [6, 6.07) is 28.1. The zero-order valence-electron chi connectivity index (χ0n) is 17.9. The maximum atomic E-state index is 12.5. The van der Waals surface area contributed by atoms with Crippen LogP contribution in [0.3, 0.4) is 0 Å². The summed E-state index contributed by atoms with van der Waals surface area (Å²) in [5, 5.41) is 5.64. The Kier molecular flexibility index (Phi) is 6.97. The molecule has 0 aliphatic heterocycles. The highest BCUT2D eigenvalue weighted by molar-refractivity contribution is 7.16. The highest BCUT2D eigenvalue weighted by Crippen LogP contribution is 2.28. The number of hydrogen-bond donors (Lipinski definition) is 2. The average molecular weight is 455 g/mol. The predicted octanol–water partition coefficient (Wildman–Crippen LogP) is 6.33. The van der Waals surface area contributed by atoms with Crippen molar-refractivity contribution < 1.29 is 14.3 Å². The molecule has 0 radical (unpaired) electrons. The molecule has 0 unspecified atom stereocenters. The molecule has 0 atom stereocenters. The molecule has 0 saturated carbocycles. The monoisotopic (exact) mass is 454 g/mol. The van der Waals surface area contributed by atoms with Gasteiger partial charge in [0.25, 0.3) is 5.91 Å². The Bertz CT molecular complexity index is 1280. The van der Waals surface area contributed by atoms with Crippen LogP contribution >= 0.6 is 11.3 Å². The number of carbonyl (C=O) groups is 2. The number of ether oxygens (including phenoxy) is 1. The minimum absolute atomic E-state index is 0.240. The van der Waals surface area contributed by atoms with Gasteiger partial charge in [0.15, 0.2) is 0 Å². The summed E-state index contributed by atoms with van der Waals surface area (Å²) in [5.74, 6) is 0.0863. The Morgan fingerprint density at radius 1 is 0.818 bits per heavy atom. The number of nitrogens with one attached hydrogen (secondary N) is 2. The van der Waals surface area contributed by atoms with Crippen molar-refractivity contribution in [3.05, 3.63) is 108 Å². The molecule has 2 N–H and O–H groups in total. The van der Waals surface area contributed by atoms with Gasteiger partial charge in [-0.2, -0.15) is 0 Å². The molecule has 1 heterocycles. The Morgan fingerprint density at radius 2 is 1.55 bits per heavy atom. The van der Waals surface area contributed by atoms with E-state index in [9.17, 15) is 9.59 Å². The SMILES string of the molecule is COc1ccccc1NC(=O)c1ccc(NC(=O)/C=C/c2ccc(-c3ccccc3)s2)cc1. The topological polar surface area (TPSA) is 67.4 Å². The number of anilines is 2. The zero-order chi connectivity index (χ0) is 23.0. The molecule has 0 aliphatic rings. The van der Waals surface area contributed by atoms with Gasteiger partial charge in [-0.15, -0.1) is 11.3 Å². The van der Waals surface area contributed by atoms with Gasteiger partial charge in [0.1, 0.15) is 5.75 Å². The number of benzene rings is 3. The third kappa shape index (κ3) is 5.75. The Balaban J connectivity index is 1.34. The minimum atomic E-state index is -0.260. The normalized spacial score (nSPS) is 10.7. The average Bonchev–Trinajstić information content (AvgIpc) is 3.33. The second kappa shape index (κ2) is 10.4. The van der Waals surface area contributed by atoms with Gasteiger partial charge in [-0.1, -0.05) is 42.5 Å². The van der Waals surface area contributed by atoms with E-state index < -0.39 is 0 Å². The largest absolute Gasteiger partial charge is 0.495 e. The van der Waals surface area contributed by atoms with E-state index in [-0.39, 0.29) is 11.8 Å². The standard InChI is InChI=1S/C27H22N2O3S/c1-32-24-10-6-5-9-23(24)29-27(31)20-11-13-21(14-12-20)28-26(30)18-16-22-15-17-25(33-22)19-7-3-2-4-8-19/h2-18H,1H3,(H,28,30)(H,29,31)/b18-16+. The fourth-order valence-electron chi connectivity index (χ4n) is 3.19. The van der Waals surface area contributed by atoms with Crippen LogP contribution in [0.4, 0.5) is 11.4 Å². The van der Waals surface area contributed by atoms with Crippen molar-refractivity contribution in [1.29, 1.82) is 0 Å². The number of methoxy groups -OCH3 is 1. The summed E-state index contributed by atoms with van der Waals surface area (Å²) in [4.78, 5) is 27.0. The maximum Gasteiger partial charge on any atom is 0.255 e. The number of amides is 2. The molecule has 3 aromatic carbocycles. The number of hydrogen-bond acceptors (Lipinski definition) is 4. The predicted molar refractivity (Wildman–Crippen MR) is 135 cm³/mol. The van der Waals surface area contributed by atoms with Crippen molar-refractivity contribution in [2.75, 3.05) is 17.7 Å². The van der Waals surface area contributed by atoms with E-state index in [2.05, 4.69) is 22.8 Å². The molecule has 4 aromatic rings.